The van der Waals surface area contributed by atoms with E-state index in [1.807, 2.05) is 20.8 Å². The zero-order valence-corrected chi connectivity index (χ0v) is 12.0. The Balaban J connectivity index is 2.18. The minimum absolute atomic E-state index is 0.0534. The Kier molecular flexibility index (Phi) is 3.60. The Morgan fingerprint density at radius 2 is 2.05 bits per heavy atom. The van der Waals surface area contributed by atoms with Crippen molar-refractivity contribution < 1.29 is 19.4 Å². The molecule has 1 N–H and O–H groups in total. The Bertz CT molecular complexity index is 385. The van der Waals surface area contributed by atoms with Crippen LogP contribution in [0.3, 0.4) is 0 Å². The van der Waals surface area contributed by atoms with Gasteiger partial charge >= 0.3 is 6.09 Å². The van der Waals surface area contributed by atoms with E-state index in [2.05, 4.69) is 0 Å². The molecule has 2 rings (SSSR count). The lowest BCUT2D eigenvalue weighted by Gasteiger charge is -2.40. The summed E-state index contributed by atoms with van der Waals surface area (Å²) in [6, 6.07) is -0.261. The summed E-state index contributed by atoms with van der Waals surface area (Å²) in [6.07, 6.45) is 0.842. The molecule has 0 aromatic carbocycles. The summed E-state index contributed by atoms with van der Waals surface area (Å²) < 4.78 is 5.42. The van der Waals surface area contributed by atoms with E-state index in [1.165, 1.54) is 0 Å². The minimum atomic E-state index is -0.721. The quantitative estimate of drug-likeness (QED) is 0.787. The van der Waals surface area contributed by atoms with Crippen molar-refractivity contribution in [2.45, 2.75) is 70.7 Å². The normalized spacial score (nSPS) is 32.4. The number of Topliss-reactive ketones (excluding diaryl/α,β-unsaturated/α-hetero) is 1. The number of nitrogens with zero attached hydrogens (tertiary/aromatic N) is 1. The van der Waals surface area contributed by atoms with Gasteiger partial charge in [0, 0.05) is 18.5 Å². The summed E-state index contributed by atoms with van der Waals surface area (Å²) in [6.45, 7) is 7.10. The molecule has 2 aliphatic rings. The third-order valence-electron chi connectivity index (χ3n) is 3.89. The lowest BCUT2D eigenvalue weighted by Crippen LogP contribution is -2.55. The van der Waals surface area contributed by atoms with Gasteiger partial charge in [-0.15, -0.1) is 0 Å². The maximum atomic E-state index is 12.3. The fourth-order valence-corrected chi connectivity index (χ4v) is 3.24. The van der Waals surface area contributed by atoms with Gasteiger partial charge in [-0.05, 0) is 40.5 Å². The number of amides is 1. The van der Waals surface area contributed by atoms with E-state index >= 15 is 0 Å². The van der Waals surface area contributed by atoms with Crippen molar-refractivity contribution in [2.75, 3.05) is 0 Å². The van der Waals surface area contributed by atoms with Crippen molar-refractivity contribution in [2.24, 2.45) is 5.92 Å². The van der Waals surface area contributed by atoms with E-state index in [-0.39, 0.29) is 24.0 Å². The molecule has 5 heteroatoms. The lowest BCUT2D eigenvalue weighted by molar-refractivity contribution is -0.133. The minimum Gasteiger partial charge on any atom is -0.444 e. The van der Waals surface area contributed by atoms with E-state index in [4.69, 9.17) is 4.74 Å². The largest absolute Gasteiger partial charge is 0.444 e. The van der Waals surface area contributed by atoms with Gasteiger partial charge in [-0.1, -0.05) is 0 Å². The highest BCUT2D eigenvalue weighted by Gasteiger charge is 2.51. The molecule has 4 atom stereocenters. The molecule has 1 amide bonds. The van der Waals surface area contributed by atoms with Crippen LogP contribution < -0.4 is 0 Å². The second-order valence-electron chi connectivity index (χ2n) is 6.62. The van der Waals surface area contributed by atoms with E-state index in [1.54, 1.807) is 11.8 Å². The van der Waals surface area contributed by atoms with Crippen molar-refractivity contribution in [3.8, 4) is 0 Å². The number of ether oxygens (including phenoxy) is 1. The first-order valence-corrected chi connectivity index (χ1v) is 6.93. The summed E-state index contributed by atoms with van der Waals surface area (Å²) in [5, 5.41) is 9.80. The summed E-state index contributed by atoms with van der Waals surface area (Å²) in [4.78, 5) is 26.0. The molecule has 2 fully saturated rings. The highest BCUT2D eigenvalue weighted by molar-refractivity contribution is 5.86. The van der Waals surface area contributed by atoms with E-state index in [0.29, 0.717) is 6.42 Å². The number of rotatable bonds is 1. The van der Waals surface area contributed by atoms with Gasteiger partial charge in [-0.2, -0.15) is 0 Å². The van der Waals surface area contributed by atoms with Gasteiger partial charge in [-0.3, -0.25) is 4.79 Å². The number of piperidine rings is 1. The second kappa shape index (κ2) is 4.78. The number of fused-ring (bicyclic) bond motifs is 2. The number of carbonyl (C=O) groups is 2. The van der Waals surface area contributed by atoms with Crippen molar-refractivity contribution in [1.82, 2.24) is 4.90 Å². The number of hydrogen-bond acceptors (Lipinski definition) is 4. The highest BCUT2D eigenvalue weighted by atomic mass is 16.6. The number of ketones is 1. The smallest absolute Gasteiger partial charge is 0.410 e. The molecule has 0 aromatic heterocycles. The summed E-state index contributed by atoms with van der Waals surface area (Å²) in [7, 11) is 0. The lowest BCUT2D eigenvalue weighted by atomic mass is 9.85. The summed E-state index contributed by atoms with van der Waals surface area (Å²) in [5.41, 5.74) is -0.543. The maximum Gasteiger partial charge on any atom is 0.410 e. The Hall–Kier alpha value is -1.10. The van der Waals surface area contributed by atoms with Crippen LogP contribution >= 0.6 is 0 Å². The number of carbonyl (C=O) groups excluding carboxylic acids is 2. The van der Waals surface area contributed by atoms with Crippen LogP contribution in [0, 0.1) is 5.92 Å². The Labute approximate surface area is 113 Å². The van der Waals surface area contributed by atoms with Gasteiger partial charge in [-0.25, -0.2) is 4.79 Å². The third-order valence-corrected chi connectivity index (χ3v) is 3.89. The molecule has 0 aromatic rings. The van der Waals surface area contributed by atoms with Crippen LogP contribution in [-0.4, -0.2) is 45.7 Å². The molecule has 2 saturated heterocycles. The van der Waals surface area contributed by atoms with Gasteiger partial charge in [0.25, 0.3) is 0 Å². The average molecular weight is 269 g/mol. The third kappa shape index (κ3) is 2.76. The fraction of sp³-hybridized carbons (Fsp3) is 0.857. The molecule has 5 nitrogen and oxygen atoms in total. The monoisotopic (exact) mass is 269 g/mol. The Morgan fingerprint density at radius 3 is 2.58 bits per heavy atom. The summed E-state index contributed by atoms with van der Waals surface area (Å²) >= 11 is 0. The number of aliphatic hydroxyl groups is 1. The zero-order valence-electron chi connectivity index (χ0n) is 12.0. The predicted molar refractivity (Wildman–Crippen MR) is 69.7 cm³/mol. The van der Waals surface area contributed by atoms with Gasteiger partial charge in [0.05, 0.1) is 12.0 Å². The van der Waals surface area contributed by atoms with Crippen LogP contribution in [0.1, 0.15) is 47.0 Å². The molecule has 2 aliphatic heterocycles. The first-order chi connectivity index (χ1) is 8.70. The zero-order chi connectivity index (χ0) is 14.4. The van der Waals surface area contributed by atoms with Crippen molar-refractivity contribution in [3.05, 3.63) is 0 Å². The van der Waals surface area contributed by atoms with Gasteiger partial charge in [0.15, 0.2) is 0 Å². The SMILES string of the molecule is CC(O)[C@H]1C(=O)C[C@H]2CC[C@@H]1N2C(=O)OC(C)(C)C. The molecule has 2 heterocycles. The molecule has 19 heavy (non-hydrogen) atoms. The van der Waals surface area contributed by atoms with Crippen LogP contribution in [0.25, 0.3) is 0 Å². The summed E-state index contributed by atoms with van der Waals surface area (Å²) in [5.74, 6) is -0.395. The van der Waals surface area contributed by atoms with E-state index in [9.17, 15) is 14.7 Å². The average Bonchev–Trinajstić information content (AvgIpc) is 2.51. The van der Waals surface area contributed by atoms with E-state index in [0.717, 1.165) is 12.8 Å². The molecule has 2 bridgehead atoms. The highest BCUT2D eigenvalue weighted by Crippen LogP contribution is 2.39. The first-order valence-electron chi connectivity index (χ1n) is 6.93. The molecule has 0 radical (unpaired) electrons. The van der Waals surface area contributed by atoms with Gasteiger partial charge in [0.2, 0.25) is 0 Å². The second-order valence-corrected chi connectivity index (χ2v) is 6.62. The molecule has 0 spiro atoms. The maximum absolute atomic E-state index is 12.3. The molecule has 1 unspecified atom stereocenters. The Morgan fingerprint density at radius 1 is 1.42 bits per heavy atom. The predicted octanol–water partition coefficient (Wildman–Crippen LogP) is 1.72. The van der Waals surface area contributed by atoms with Crippen LogP contribution in [0.2, 0.25) is 0 Å². The van der Waals surface area contributed by atoms with E-state index < -0.39 is 17.6 Å². The van der Waals surface area contributed by atoms with Crippen LogP contribution in [0.15, 0.2) is 0 Å². The molecular formula is C14H23NO4. The first kappa shape index (κ1) is 14.3. The van der Waals surface area contributed by atoms with Crippen LogP contribution in [0.4, 0.5) is 4.79 Å². The van der Waals surface area contributed by atoms with Crippen molar-refractivity contribution in [3.63, 3.8) is 0 Å². The van der Waals surface area contributed by atoms with Crippen LogP contribution in [-0.2, 0) is 9.53 Å². The van der Waals surface area contributed by atoms with Gasteiger partial charge in [0.1, 0.15) is 11.4 Å². The topological polar surface area (TPSA) is 66.8 Å². The standard InChI is InChI=1S/C14H23NO4/c1-8(16)12-10-6-5-9(7-11(12)17)15(10)13(18)19-14(2,3)4/h8-10,12,16H,5-7H2,1-4H3/t8?,9-,10+,12-/m1/s1. The molecule has 0 saturated carbocycles. The van der Waals surface area contributed by atoms with Crippen LogP contribution in [0.5, 0.6) is 0 Å². The molecule has 108 valence electrons. The fourth-order valence-electron chi connectivity index (χ4n) is 3.24. The molecule has 0 aliphatic carbocycles. The van der Waals surface area contributed by atoms with Crippen molar-refractivity contribution in [1.29, 1.82) is 0 Å². The number of hydrogen-bond donors (Lipinski definition) is 1. The van der Waals surface area contributed by atoms with Crippen molar-refractivity contribution >= 4 is 11.9 Å². The van der Waals surface area contributed by atoms with Gasteiger partial charge < -0.3 is 14.7 Å². The molecular weight excluding hydrogens is 246 g/mol. The number of aliphatic hydroxyl groups excluding tert-OH is 1.